The van der Waals surface area contributed by atoms with Gasteiger partial charge in [-0.1, -0.05) is 58.4 Å². The summed E-state index contributed by atoms with van der Waals surface area (Å²) in [5, 5.41) is 9.35. The summed E-state index contributed by atoms with van der Waals surface area (Å²) in [5.74, 6) is -3.24. The zero-order valence-electron chi connectivity index (χ0n) is 27.4. The van der Waals surface area contributed by atoms with Gasteiger partial charge >= 0.3 is 5.97 Å². The van der Waals surface area contributed by atoms with Gasteiger partial charge in [0.2, 0.25) is 17.7 Å². The third-order valence-corrected chi connectivity index (χ3v) is 10.5. The van der Waals surface area contributed by atoms with E-state index < -0.39 is 53.2 Å². The molecule has 2 fully saturated rings. The van der Waals surface area contributed by atoms with Gasteiger partial charge in [-0.05, 0) is 65.0 Å². The molecule has 46 heavy (non-hydrogen) atoms. The predicted octanol–water partition coefficient (Wildman–Crippen LogP) is 4.13. The number of hydrogen-bond acceptors (Lipinski definition) is 7. The second kappa shape index (κ2) is 13.6. The van der Waals surface area contributed by atoms with E-state index in [1.54, 1.807) is 21.7 Å². The number of hydrogen-bond donors (Lipinski definition) is 1. The van der Waals surface area contributed by atoms with Crippen LogP contribution in [0.1, 0.15) is 71.5 Å². The largest absolute Gasteiger partial charge is 0.455 e. The molecule has 0 unspecified atom stereocenters. The molecule has 10 nitrogen and oxygen atoms in total. The number of allylic oxidation sites excluding steroid dienone is 1. The number of unbranched alkanes of at least 4 members (excludes halogenated alkanes) is 2. The molecule has 4 aliphatic heterocycles. The van der Waals surface area contributed by atoms with Crippen LogP contribution in [0.5, 0.6) is 0 Å². The van der Waals surface area contributed by atoms with Gasteiger partial charge < -0.3 is 29.3 Å². The van der Waals surface area contributed by atoms with Gasteiger partial charge in [-0.2, -0.15) is 0 Å². The van der Waals surface area contributed by atoms with Gasteiger partial charge in [0.25, 0.3) is 0 Å². The van der Waals surface area contributed by atoms with Crippen LogP contribution in [-0.4, -0.2) is 99.6 Å². The molecule has 0 saturated carbocycles. The normalized spacial score (nSPS) is 32.9. The van der Waals surface area contributed by atoms with Crippen LogP contribution in [0.25, 0.3) is 0 Å². The molecule has 4 heterocycles. The van der Waals surface area contributed by atoms with E-state index in [1.807, 2.05) is 76.3 Å². The van der Waals surface area contributed by atoms with Crippen molar-refractivity contribution in [2.24, 2.45) is 11.8 Å². The van der Waals surface area contributed by atoms with E-state index in [-0.39, 0.29) is 37.3 Å². The highest BCUT2D eigenvalue weighted by atomic mass is 79.9. The van der Waals surface area contributed by atoms with Crippen LogP contribution in [0.15, 0.2) is 53.0 Å². The van der Waals surface area contributed by atoms with Crippen molar-refractivity contribution >= 4 is 39.6 Å². The maximum Gasteiger partial charge on any atom is 0.313 e. The Labute approximate surface area is 279 Å². The van der Waals surface area contributed by atoms with Gasteiger partial charge in [-0.25, -0.2) is 0 Å². The quantitative estimate of drug-likeness (QED) is 0.270. The van der Waals surface area contributed by atoms with Crippen molar-refractivity contribution in [1.82, 2.24) is 14.7 Å². The lowest BCUT2D eigenvalue weighted by Gasteiger charge is -2.41. The minimum atomic E-state index is -1.36. The van der Waals surface area contributed by atoms with E-state index in [4.69, 9.17) is 9.47 Å². The smallest absolute Gasteiger partial charge is 0.313 e. The number of nitrogens with zero attached hydrogens (tertiary/aromatic N) is 3. The summed E-state index contributed by atoms with van der Waals surface area (Å²) in [6.45, 7) is 8.31. The second-order valence-corrected chi connectivity index (χ2v) is 14.7. The third kappa shape index (κ3) is 6.18. The van der Waals surface area contributed by atoms with Gasteiger partial charge in [0.1, 0.15) is 29.8 Å². The Morgan fingerprint density at radius 3 is 2.39 bits per heavy atom. The average molecular weight is 701 g/mol. The molecule has 0 radical (unpaired) electrons. The van der Waals surface area contributed by atoms with Crippen LogP contribution < -0.4 is 0 Å². The van der Waals surface area contributed by atoms with Crippen molar-refractivity contribution in [2.75, 3.05) is 26.7 Å². The van der Waals surface area contributed by atoms with Crippen molar-refractivity contribution in [2.45, 2.75) is 95.2 Å². The Bertz CT molecular complexity index is 1390. The molecule has 1 aromatic rings. The molecule has 0 aliphatic carbocycles. The summed E-state index contributed by atoms with van der Waals surface area (Å²) in [6, 6.07) is 7.80. The van der Waals surface area contributed by atoms with Crippen LogP contribution in [0, 0.1) is 11.8 Å². The first-order valence-corrected chi connectivity index (χ1v) is 17.1. The van der Waals surface area contributed by atoms with Crippen LogP contribution in [0.2, 0.25) is 0 Å². The monoisotopic (exact) mass is 699 g/mol. The first-order chi connectivity index (χ1) is 21.8. The SMILES string of the molecule is C[C@@H]1[C@@H](c2ccccc2)OC(=O)[C@@H]2[C@H]3O[C@@]4(C=C3Br)[C@H](C(=O)N(C(C)(C)C)C/C=C\CCC(=O)N1C)N(CCCCCO)C(=O)[C@@H]24. The summed E-state index contributed by atoms with van der Waals surface area (Å²) < 4.78 is 13.5. The molecule has 1 N–H and O–H groups in total. The molecule has 2 saturated heterocycles. The number of carbonyl (C=O) groups is 4. The van der Waals surface area contributed by atoms with E-state index in [0.717, 1.165) is 5.56 Å². The number of halogens is 1. The van der Waals surface area contributed by atoms with Gasteiger partial charge in [0.15, 0.2) is 0 Å². The van der Waals surface area contributed by atoms with Crippen molar-refractivity contribution in [1.29, 1.82) is 0 Å². The number of likely N-dealkylation sites (tertiary alicyclic amines) is 1. The van der Waals surface area contributed by atoms with Crippen molar-refractivity contribution in [3.63, 3.8) is 0 Å². The lowest BCUT2D eigenvalue weighted by molar-refractivity contribution is -0.164. The van der Waals surface area contributed by atoms with E-state index in [9.17, 15) is 24.3 Å². The number of amides is 3. The summed E-state index contributed by atoms with van der Waals surface area (Å²) in [7, 11) is 1.71. The predicted molar refractivity (Wildman–Crippen MR) is 175 cm³/mol. The second-order valence-electron chi connectivity index (χ2n) is 13.8. The standard InChI is InChI=1S/C35H46BrN3O7/c1-22-28(23-15-9-6-10-16-23)45-33(44)26-27-31(42)38(18-12-8-14-20-40)30(35(27)21-24(36)29(26)46-35)32(43)39(34(2,3)4)19-13-7-11-17-25(41)37(22)5/h6-7,9-10,13,15-16,21-22,26-30,40H,8,11-12,14,17-20H2,1-5H3/b13-7-/t22-,26+,27-,28+,29+,30+,35-/m1/s1. The summed E-state index contributed by atoms with van der Waals surface area (Å²) in [5.41, 5.74) is -1.24. The number of fused-ring (bicyclic) bond motifs is 2. The Morgan fingerprint density at radius 1 is 1.00 bits per heavy atom. The van der Waals surface area contributed by atoms with Crippen LogP contribution in [0.3, 0.4) is 0 Å². The van der Waals surface area contributed by atoms with Gasteiger partial charge in [-0.3, -0.25) is 19.2 Å². The number of esters is 1. The van der Waals surface area contributed by atoms with Crippen LogP contribution in [-0.2, 0) is 28.7 Å². The molecule has 5 rings (SSSR count). The summed E-state index contributed by atoms with van der Waals surface area (Å²) in [6.07, 6.45) is 6.63. The number of rotatable bonds is 6. The number of ether oxygens (including phenoxy) is 2. The lowest BCUT2D eigenvalue weighted by atomic mass is 9.74. The first-order valence-electron chi connectivity index (χ1n) is 16.3. The van der Waals surface area contributed by atoms with Gasteiger partial charge in [-0.15, -0.1) is 0 Å². The minimum absolute atomic E-state index is 0.0448. The maximum atomic E-state index is 14.7. The Morgan fingerprint density at radius 2 is 1.72 bits per heavy atom. The Hall–Kier alpha value is -3.02. The molecule has 1 aromatic carbocycles. The number of aliphatic hydroxyl groups is 1. The van der Waals surface area contributed by atoms with E-state index in [0.29, 0.717) is 36.7 Å². The minimum Gasteiger partial charge on any atom is -0.455 e. The molecule has 4 aliphatic rings. The highest BCUT2D eigenvalue weighted by Crippen LogP contribution is 2.59. The highest BCUT2D eigenvalue weighted by molar-refractivity contribution is 9.11. The van der Waals surface area contributed by atoms with Crippen LogP contribution in [0.4, 0.5) is 0 Å². The van der Waals surface area contributed by atoms with Gasteiger partial charge in [0.05, 0.1) is 12.0 Å². The molecular formula is C35H46BrN3O7. The molecular weight excluding hydrogens is 654 g/mol. The maximum absolute atomic E-state index is 14.7. The number of aliphatic hydroxyl groups excluding tert-OH is 1. The summed E-state index contributed by atoms with van der Waals surface area (Å²) in [4.78, 5) is 61.8. The van der Waals surface area contributed by atoms with Crippen molar-refractivity contribution < 1.29 is 33.8 Å². The van der Waals surface area contributed by atoms with Crippen molar-refractivity contribution in [3.05, 3.63) is 58.6 Å². The van der Waals surface area contributed by atoms with Crippen molar-refractivity contribution in [3.8, 4) is 0 Å². The average Bonchev–Trinajstić information content (AvgIpc) is 3.61. The number of likely N-dealkylation sites (N-methyl/N-ethyl adjacent to an activating group) is 1. The molecule has 250 valence electrons. The van der Waals surface area contributed by atoms with E-state index in [2.05, 4.69) is 15.9 Å². The van der Waals surface area contributed by atoms with E-state index in [1.165, 1.54) is 0 Å². The van der Waals surface area contributed by atoms with Crippen LogP contribution >= 0.6 is 15.9 Å². The molecule has 5 bridgehead atoms. The third-order valence-electron chi connectivity index (χ3n) is 9.86. The number of benzene rings is 1. The lowest BCUT2D eigenvalue weighted by Crippen LogP contribution is -2.59. The van der Waals surface area contributed by atoms with Gasteiger partial charge in [0, 0.05) is 43.2 Å². The molecule has 3 amide bonds. The summed E-state index contributed by atoms with van der Waals surface area (Å²) >= 11 is 3.62. The topological polar surface area (TPSA) is 117 Å². The fraction of sp³-hybridized carbons (Fsp3) is 0.600. The molecule has 1 spiro atoms. The highest BCUT2D eigenvalue weighted by Gasteiger charge is 2.75. The zero-order valence-corrected chi connectivity index (χ0v) is 28.9. The fourth-order valence-electron chi connectivity index (χ4n) is 7.32. The molecule has 7 atom stereocenters. The Balaban J connectivity index is 1.61. The zero-order chi connectivity index (χ0) is 33.4. The van der Waals surface area contributed by atoms with E-state index >= 15 is 0 Å². The number of carbonyl (C=O) groups excluding carboxylic acids is 4. The molecule has 11 heteroatoms. The fourth-order valence-corrected chi connectivity index (χ4v) is 8.06. The Kier molecular flexibility index (Phi) is 10.2. The number of cyclic esters (lactones) is 1. The molecule has 0 aromatic heterocycles. The first kappa shape index (κ1) is 34.3.